The highest BCUT2D eigenvalue weighted by atomic mass is 16.5. The maximum atomic E-state index is 9.89. The Hall–Kier alpha value is -2.28. The summed E-state index contributed by atoms with van der Waals surface area (Å²) in [7, 11) is 0. The molecule has 1 aromatic heterocycles. The minimum Gasteiger partial charge on any atom is -0.775 e. The van der Waals surface area contributed by atoms with Crippen LogP contribution >= 0.6 is 0 Å². The van der Waals surface area contributed by atoms with Crippen LogP contribution in [0.4, 0.5) is 5.88 Å². The van der Waals surface area contributed by atoms with E-state index in [1.54, 1.807) is 0 Å². The lowest BCUT2D eigenvalue weighted by atomic mass is 10.1. The molecule has 0 fully saturated rings. The monoisotopic (exact) mass is 234 g/mol. The van der Waals surface area contributed by atoms with E-state index in [4.69, 9.17) is 0 Å². The number of benzene rings is 1. The Morgan fingerprint density at radius 2 is 2.18 bits per heavy atom. The van der Waals surface area contributed by atoms with Gasteiger partial charge in [-0.1, -0.05) is 30.3 Å². The molecule has 88 valence electrons. The number of hydrogen-bond acceptors (Lipinski definition) is 6. The smallest absolute Gasteiger partial charge is 0.339 e. The van der Waals surface area contributed by atoms with Gasteiger partial charge in [-0.05, 0) is 10.2 Å². The van der Waals surface area contributed by atoms with Gasteiger partial charge in [0.1, 0.15) is 6.10 Å². The Morgan fingerprint density at radius 3 is 2.88 bits per heavy atom. The van der Waals surface area contributed by atoms with Crippen molar-refractivity contribution in [2.75, 3.05) is 0 Å². The SMILES string of the molecule is [O-]/N=N/c1c[n+](C[C@@H](O)c2ccccc2)no1. The molecule has 0 amide bonds. The summed E-state index contributed by atoms with van der Waals surface area (Å²) in [6.45, 7) is 0.210. The lowest BCUT2D eigenvalue weighted by molar-refractivity contribution is -0.768. The molecule has 0 spiro atoms. The summed E-state index contributed by atoms with van der Waals surface area (Å²) >= 11 is 0. The molecule has 0 aliphatic carbocycles. The molecule has 0 aliphatic heterocycles. The van der Waals surface area contributed by atoms with Crippen LogP contribution in [0.25, 0.3) is 0 Å². The second-order valence-corrected chi connectivity index (χ2v) is 3.37. The molecule has 1 atom stereocenters. The summed E-state index contributed by atoms with van der Waals surface area (Å²) in [4.78, 5) is 0. The van der Waals surface area contributed by atoms with E-state index in [2.05, 4.69) is 20.2 Å². The molecule has 1 heterocycles. The Kier molecular flexibility index (Phi) is 3.41. The predicted molar refractivity (Wildman–Crippen MR) is 56.0 cm³/mol. The second kappa shape index (κ2) is 5.17. The second-order valence-electron chi connectivity index (χ2n) is 3.37. The van der Waals surface area contributed by atoms with Crippen LogP contribution < -0.4 is 4.68 Å². The molecule has 0 aliphatic rings. The molecular formula is C10H10N4O3. The van der Waals surface area contributed by atoms with E-state index < -0.39 is 6.10 Å². The molecule has 7 nitrogen and oxygen atoms in total. The maximum absolute atomic E-state index is 9.89. The van der Waals surface area contributed by atoms with Crippen LogP contribution in [0, 0.1) is 5.21 Å². The average molecular weight is 234 g/mol. The zero-order chi connectivity index (χ0) is 12.1. The highest BCUT2D eigenvalue weighted by Crippen LogP contribution is 2.12. The third-order valence-corrected chi connectivity index (χ3v) is 2.18. The van der Waals surface area contributed by atoms with E-state index in [0.29, 0.717) is 0 Å². The van der Waals surface area contributed by atoms with Gasteiger partial charge in [0.15, 0.2) is 0 Å². The average Bonchev–Trinajstić information content (AvgIpc) is 2.78. The zero-order valence-corrected chi connectivity index (χ0v) is 8.80. The zero-order valence-electron chi connectivity index (χ0n) is 8.80. The topological polar surface area (TPSA) is 97.9 Å². The van der Waals surface area contributed by atoms with Crippen molar-refractivity contribution in [2.24, 2.45) is 10.4 Å². The van der Waals surface area contributed by atoms with Gasteiger partial charge < -0.3 is 10.3 Å². The molecule has 2 rings (SSSR count). The summed E-state index contributed by atoms with van der Waals surface area (Å²) in [6, 6.07) is 9.16. The van der Waals surface area contributed by atoms with Crippen molar-refractivity contribution in [3.63, 3.8) is 0 Å². The first-order valence-corrected chi connectivity index (χ1v) is 4.92. The molecular weight excluding hydrogens is 224 g/mol. The fraction of sp³-hybridized carbons (Fsp3) is 0.200. The number of aromatic nitrogens is 2. The van der Waals surface area contributed by atoms with Gasteiger partial charge in [0.05, 0.1) is 0 Å². The molecule has 0 saturated carbocycles. The quantitative estimate of drug-likeness (QED) is 0.489. The minimum absolute atomic E-state index is 0.000242. The Morgan fingerprint density at radius 1 is 1.41 bits per heavy atom. The minimum atomic E-state index is -0.705. The molecule has 0 radical (unpaired) electrons. The molecule has 0 bridgehead atoms. The fourth-order valence-corrected chi connectivity index (χ4v) is 1.40. The highest BCUT2D eigenvalue weighted by Gasteiger charge is 2.17. The van der Waals surface area contributed by atoms with Gasteiger partial charge in [0.2, 0.25) is 11.8 Å². The van der Waals surface area contributed by atoms with Crippen molar-refractivity contribution in [3.05, 3.63) is 47.3 Å². The normalized spacial score (nSPS) is 13.0. The van der Waals surface area contributed by atoms with Crippen LogP contribution in [0.3, 0.4) is 0 Å². The van der Waals surface area contributed by atoms with Gasteiger partial charge in [-0.15, -0.1) is 5.11 Å². The summed E-state index contributed by atoms with van der Waals surface area (Å²) in [5.74, 6) is 0.000242. The van der Waals surface area contributed by atoms with Crippen LogP contribution in [-0.4, -0.2) is 10.4 Å². The van der Waals surface area contributed by atoms with E-state index in [-0.39, 0.29) is 12.4 Å². The summed E-state index contributed by atoms with van der Waals surface area (Å²) in [5.41, 5.74) is 0.773. The van der Waals surface area contributed by atoms with Crippen LogP contribution in [0.15, 0.2) is 51.4 Å². The van der Waals surface area contributed by atoms with Crippen LogP contribution in [0.1, 0.15) is 11.7 Å². The number of aliphatic hydroxyl groups is 1. The van der Waals surface area contributed by atoms with Crippen LogP contribution in [-0.2, 0) is 6.54 Å². The fourth-order valence-electron chi connectivity index (χ4n) is 1.40. The van der Waals surface area contributed by atoms with Crippen molar-refractivity contribution >= 4 is 5.88 Å². The van der Waals surface area contributed by atoms with Gasteiger partial charge in [-0.2, -0.15) is 0 Å². The van der Waals surface area contributed by atoms with Crippen LogP contribution in [0.5, 0.6) is 0 Å². The van der Waals surface area contributed by atoms with Gasteiger partial charge in [0, 0.05) is 0 Å². The summed E-state index contributed by atoms with van der Waals surface area (Å²) < 4.78 is 6.03. The number of hydrogen-bond donors (Lipinski definition) is 1. The Balaban J connectivity index is 2.05. The third-order valence-electron chi connectivity index (χ3n) is 2.18. The highest BCUT2D eigenvalue weighted by molar-refractivity contribution is 5.16. The maximum Gasteiger partial charge on any atom is 0.339 e. The van der Waals surface area contributed by atoms with E-state index in [0.717, 1.165) is 5.56 Å². The van der Waals surface area contributed by atoms with E-state index in [9.17, 15) is 10.3 Å². The van der Waals surface area contributed by atoms with Crippen molar-refractivity contribution in [1.29, 1.82) is 0 Å². The van der Waals surface area contributed by atoms with Gasteiger partial charge in [-0.25, -0.2) is 5.28 Å². The van der Waals surface area contributed by atoms with Crippen LogP contribution in [0.2, 0.25) is 0 Å². The molecule has 2 aromatic rings. The number of nitrogens with zero attached hydrogens (tertiary/aromatic N) is 4. The molecule has 17 heavy (non-hydrogen) atoms. The Labute approximate surface area is 96.6 Å². The van der Waals surface area contributed by atoms with Gasteiger partial charge >= 0.3 is 5.88 Å². The summed E-state index contributed by atoms with van der Waals surface area (Å²) in [5, 5.41) is 28.8. The first-order valence-electron chi connectivity index (χ1n) is 4.92. The molecule has 7 heteroatoms. The standard InChI is InChI=1S/C10H10N4O3/c15-9(8-4-2-1-3-5-8)6-14-7-10(11-12-16)17-13-14/h1-5,7,9,15H,6H2/t9-/m1/s1. The molecule has 0 saturated heterocycles. The molecule has 1 N–H and O–H groups in total. The number of rotatable bonds is 4. The third kappa shape index (κ3) is 2.85. The first kappa shape index (κ1) is 11.2. The van der Waals surface area contributed by atoms with Crippen molar-refractivity contribution in [1.82, 2.24) is 5.27 Å². The van der Waals surface area contributed by atoms with Gasteiger partial charge in [0.25, 0.3) is 6.20 Å². The molecule has 1 aromatic carbocycles. The molecule has 0 unspecified atom stereocenters. The van der Waals surface area contributed by atoms with Gasteiger partial charge in [-0.3, -0.25) is 4.52 Å². The number of aliphatic hydroxyl groups excluding tert-OH is 1. The van der Waals surface area contributed by atoms with E-state index in [1.165, 1.54) is 10.9 Å². The van der Waals surface area contributed by atoms with E-state index >= 15 is 0 Å². The van der Waals surface area contributed by atoms with Crippen molar-refractivity contribution < 1.29 is 14.3 Å². The van der Waals surface area contributed by atoms with Crippen molar-refractivity contribution in [2.45, 2.75) is 12.6 Å². The van der Waals surface area contributed by atoms with E-state index in [1.807, 2.05) is 30.3 Å². The predicted octanol–water partition coefficient (Wildman–Crippen LogP) is 1.28. The lowest BCUT2D eigenvalue weighted by Gasteiger charge is -2.03. The largest absolute Gasteiger partial charge is 0.775 e. The summed E-state index contributed by atoms with van der Waals surface area (Å²) in [6.07, 6.45) is 0.677. The van der Waals surface area contributed by atoms with Crippen molar-refractivity contribution in [3.8, 4) is 0 Å². The lowest BCUT2D eigenvalue weighted by Crippen LogP contribution is -2.37. The Bertz CT molecular complexity index is 497. The first-order chi connectivity index (χ1) is 8.29.